The van der Waals surface area contributed by atoms with Crippen molar-refractivity contribution >= 4 is 45.0 Å². The number of anilines is 2. The molecule has 0 saturated carbocycles. The fourth-order valence-corrected chi connectivity index (χ4v) is 5.42. The molecule has 210 valence electrons. The first-order chi connectivity index (χ1) is 19.1. The van der Waals surface area contributed by atoms with E-state index < -0.39 is 5.92 Å². The topological polar surface area (TPSA) is 87.7 Å². The highest BCUT2D eigenvalue weighted by atomic mass is 79.9. The zero-order valence-electron chi connectivity index (χ0n) is 23.4. The predicted molar refractivity (Wildman–Crippen MR) is 162 cm³/mol. The summed E-state index contributed by atoms with van der Waals surface area (Å²) in [6, 6.07) is 19.2. The molecule has 0 aliphatic carbocycles. The lowest BCUT2D eigenvalue weighted by atomic mass is 10.0. The Morgan fingerprint density at radius 3 is 2.42 bits per heavy atom. The van der Waals surface area contributed by atoms with E-state index in [-0.39, 0.29) is 30.7 Å². The summed E-state index contributed by atoms with van der Waals surface area (Å²) in [5.74, 6) is 0.112. The van der Waals surface area contributed by atoms with Crippen LogP contribution in [0.2, 0.25) is 0 Å². The minimum Gasteiger partial charge on any atom is -0.484 e. The molecule has 1 aliphatic heterocycles. The predicted octanol–water partition coefficient (Wildman–Crippen LogP) is 6.13. The number of hydrogen-bond acceptors (Lipinski definition) is 4. The molecule has 1 atom stereocenters. The summed E-state index contributed by atoms with van der Waals surface area (Å²) in [5, 5.41) is 5.93. The quantitative estimate of drug-likeness (QED) is 0.291. The minimum absolute atomic E-state index is 0.0916. The van der Waals surface area contributed by atoms with Gasteiger partial charge in [-0.2, -0.15) is 0 Å². The highest BCUT2D eigenvalue weighted by Gasteiger charge is 2.35. The Morgan fingerprint density at radius 1 is 1.07 bits per heavy atom. The number of hydrogen-bond donors (Lipinski definition) is 2. The van der Waals surface area contributed by atoms with Crippen LogP contribution in [0, 0.1) is 12.8 Å². The van der Waals surface area contributed by atoms with Crippen LogP contribution in [-0.4, -0.2) is 30.9 Å². The van der Waals surface area contributed by atoms with Crippen LogP contribution in [0.25, 0.3) is 0 Å². The van der Waals surface area contributed by atoms with E-state index in [9.17, 15) is 14.4 Å². The molecular weight excluding hydrogens is 570 g/mol. The number of carbonyl (C=O) groups is 3. The second-order valence-corrected chi connectivity index (χ2v) is 11.4. The van der Waals surface area contributed by atoms with Crippen molar-refractivity contribution in [2.45, 2.75) is 53.0 Å². The molecule has 0 spiro atoms. The van der Waals surface area contributed by atoms with Gasteiger partial charge in [-0.15, -0.1) is 0 Å². The third-order valence-electron chi connectivity index (χ3n) is 7.15. The van der Waals surface area contributed by atoms with Crippen molar-refractivity contribution in [2.24, 2.45) is 5.92 Å². The average Bonchev–Trinajstić information content (AvgIpc) is 3.33. The molecule has 1 saturated heterocycles. The number of aryl methyl sites for hydroxylation is 2. The molecule has 0 aromatic heterocycles. The number of nitrogens with zero attached hydrogens (tertiary/aromatic N) is 1. The lowest BCUT2D eigenvalue weighted by molar-refractivity contribution is -0.126. The Hall–Kier alpha value is -3.65. The standard InChI is InChI=1S/C32H36BrN3O4/c1-5-23-15-26(33)14-21(4)31(23)35-29(37)19-40-28-12-10-27(11-13-28)36-18-25(16-30(36)38)32(39)34-17-22-6-8-24(9-7-22)20(2)3/h6-15,20,25H,5,16-19H2,1-4H3,(H,34,39)(H,35,37)/t25-/m0/s1. The Kier molecular flexibility index (Phi) is 9.63. The molecule has 3 amide bonds. The van der Waals surface area contributed by atoms with Gasteiger partial charge in [0.2, 0.25) is 11.8 Å². The summed E-state index contributed by atoms with van der Waals surface area (Å²) >= 11 is 3.50. The first-order valence-corrected chi connectivity index (χ1v) is 14.4. The van der Waals surface area contributed by atoms with Crippen LogP contribution in [0.4, 0.5) is 11.4 Å². The molecule has 1 aliphatic rings. The number of amides is 3. The van der Waals surface area contributed by atoms with Crippen LogP contribution in [0.15, 0.2) is 65.1 Å². The average molecular weight is 607 g/mol. The maximum atomic E-state index is 12.8. The Labute approximate surface area is 244 Å². The van der Waals surface area contributed by atoms with Gasteiger partial charge < -0.3 is 20.3 Å². The van der Waals surface area contributed by atoms with E-state index in [1.807, 2.05) is 38.1 Å². The molecule has 7 nitrogen and oxygen atoms in total. The van der Waals surface area contributed by atoms with Gasteiger partial charge in [0.1, 0.15) is 5.75 Å². The Balaban J connectivity index is 1.27. The molecular formula is C32H36BrN3O4. The van der Waals surface area contributed by atoms with E-state index in [0.717, 1.165) is 33.3 Å². The number of benzene rings is 3. The van der Waals surface area contributed by atoms with E-state index in [2.05, 4.69) is 52.5 Å². The fourth-order valence-electron chi connectivity index (χ4n) is 4.80. The van der Waals surface area contributed by atoms with Crippen LogP contribution in [0.3, 0.4) is 0 Å². The second-order valence-electron chi connectivity index (χ2n) is 10.5. The molecule has 0 radical (unpaired) electrons. The molecule has 0 unspecified atom stereocenters. The van der Waals surface area contributed by atoms with Crippen molar-refractivity contribution in [1.82, 2.24) is 5.32 Å². The smallest absolute Gasteiger partial charge is 0.262 e. The summed E-state index contributed by atoms with van der Waals surface area (Å²) in [6.45, 7) is 8.92. The van der Waals surface area contributed by atoms with Gasteiger partial charge in [0.05, 0.1) is 5.92 Å². The minimum atomic E-state index is -0.405. The highest BCUT2D eigenvalue weighted by molar-refractivity contribution is 9.10. The summed E-state index contributed by atoms with van der Waals surface area (Å²) in [7, 11) is 0. The van der Waals surface area contributed by atoms with Crippen LogP contribution in [-0.2, 0) is 27.3 Å². The maximum Gasteiger partial charge on any atom is 0.262 e. The molecule has 1 fully saturated rings. The summed E-state index contributed by atoms with van der Waals surface area (Å²) < 4.78 is 6.67. The Morgan fingerprint density at radius 2 is 1.77 bits per heavy atom. The SMILES string of the molecule is CCc1cc(Br)cc(C)c1NC(=O)COc1ccc(N2C[C@@H](C(=O)NCc3ccc(C(C)C)cc3)CC2=O)cc1. The van der Waals surface area contributed by atoms with E-state index in [1.165, 1.54) is 5.56 Å². The molecule has 1 heterocycles. The first-order valence-electron chi connectivity index (χ1n) is 13.6. The largest absolute Gasteiger partial charge is 0.484 e. The van der Waals surface area contributed by atoms with Crippen LogP contribution < -0.4 is 20.3 Å². The maximum absolute atomic E-state index is 12.8. The zero-order chi connectivity index (χ0) is 28.8. The van der Waals surface area contributed by atoms with E-state index >= 15 is 0 Å². The second kappa shape index (κ2) is 13.1. The normalized spacial score (nSPS) is 14.9. The lowest BCUT2D eigenvalue weighted by Gasteiger charge is -2.17. The fraction of sp³-hybridized carbons (Fsp3) is 0.344. The van der Waals surface area contributed by atoms with Crippen molar-refractivity contribution < 1.29 is 19.1 Å². The number of nitrogens with one attached hydrogen (secondary N) is 2. The highest BCUT2D eigenvalue weighted by Crippen LogP contribution is 2.28. The first kappa shape index (κ1) is 29.3. The van der Waals surface area contributed by atoms with E-state index in [4.69, 9.17) is 4.74 Å². The van der Waals surface area contributed by atoms with Crippen molar-refractivity contribution in [3.05, 3.63) is 87.4 Å². The van der Waals surface area contributed by atoms with Crippen LogP contribution in [0.1, 0.15) is 55.4 Å². The third-order valence-corrected chi connectivity index (χ3v) is 7.61. The van der Waals surface area contributed by atoms with Gasteiger partial charge in [0, 0.05) is 35.4 Å². The van der Waals surface area contributed by atoms with Gasteiger partial charge in [0.15, 0.2) is 6.61 Å². The van der Waals surface area contributed by atoms with Crippen molar-refractivity contribution in [2.75, 3.05) is 23.4 Å². The van der Waals surface area contributed by atoms with Crippen LogP contribution in [0.5, 0.6) is 5.75 Å². The Bertz CT molecular complexity index is 1370. The monoisotopic (exact) mass is 605 g/mol. The van der Waals surface area contributed by atoms with Gasteiger partial charge in [0.25, 0.3) is 5.91 Å². The van der Waals surface area contributed by atoms with E-state index in [1.54, 1.807) is 29.2 Å². The van der Waals surface area contributed by atoms with Crippen molar-refractivity contribution in [3.8, 4) is 5.75 Å². The number of halogens is 1. The van der Waals surface area contributed by atoms with E-state index in [0.29, 0.717) is 30.4 Å². The van der Waals surface area contributed by atoms with Crippen molar-refractivity contribution in [3.63, 3.8) is 0 Å². The molecule has 8 heteroatoms. The van der Waals surface area contributed by atoms with Gasteiger partial charge >= 0.3 is 0 Å². The number of carbonyl (C=O) groups excluding carboxylic acids is 3. The van der Waals surface area contributed by atoms with Gasteiger partial charge in [-0.25, -0.2) is 0 Å². The molecule has 0 bridgehead atoms. The molecule has 2 N–H and O–H groups in total. The summed E-state index contributed by atoms with van der Waals surface area (Å²) in [6.07, 6.45) is 0.966. The van der Waals surface area contributed by atoms with Gasteiger partial charge in [-0.3, -0.25) is 14.4 Å². The summed E-state index contributed by atoms with van der Waals surface area (Å²) in [4.78, 5) is 39.7. The lowest BCUT2D eigenvalue weighted by Crippen LogP contribution is -2.32. The van der Waals surface area contributed by atoms with Gasteiger partial charge in [-0.1, -0.05) is 61.0 Å². The molecule has 3 aromatic carbocycles. The van der Waals surface area contributed by atoms with Gasteiger partial charge in [-0.05, 0) is 77.9 Å². The number of rotatable bonds is 10. The summed E-state index contributed by atoms with van der Waals surface area (Å²) in [5.41, 5.74) is 5.82. The van der Waals surface area contributed by atoms with Crippen molar-refractivity contribution in [1.29, 1.82) is 0 Å². The number of ether oxygens (including phenoxy) is 1. The third kappa shape index (κ3) is 7.30. The molecule has 4 rings (SSSR count). The van der Waals surface area contributed by atoms with Crippen LogP contribution >= 0.6 is 15.9 Å². The molecule has 40 heavy (non-hydrogen) atoms. The zero-order valence-corrected chi connectivity index (χ0v) is 25.0. The molecule has 3 aromatic rings.